The number of hydrogen-bond donors (Lipinski definition) is 1. The minimum absolute atomic E-state index is 0.0327. The molecule has 1 aromatic carbocycles. The molecule has 6 heteroatoms. The lowest BCUT2D eigenvalue weighted by atomic mass is 10.1. The van der Waals surface area contributed by atoms with E-state index in [0.29, 0.717) is 10.9 Å². The zero-order valence-corrected chi connectivity index (χ0v) is 10.9. The summed E-state index contributed by atoms with van der Waals surface area (Å²) in [6.07, 6.45) is 4.19. The van der Waals surface area contributed by atoms with E-state index in [1.807, 2.05) is 0 Å². The van der Waals surface area contributed by atoms with Crippen LogP contribution in [0.2, 0.25) is 0 Å². The summed E-state index contributed by atoms with van der Waals surface area (Å²) < 4.78 is 5.79. The maximum atomic E-state index is 11.4. The van der Waals surface area contributed by atoms with Crippen LogP contribution >= 0.6 is 0 Å². The van der Waals surface area contributed by atoms with Crippen LogP contribution in [0.5, 0.6) is 5.75 Å². The number of nitro benzene ring substituents is 1. The summed E-state index contributed by atoms with van der Waals surface area (Å²) in [6, 6.07) is 6.65. The van der Waals surface area contributed by atoms with E-state index in [1.54, 1.807) is 30.5 Å². The van der Waals surface area contributed by atoms with E-state index in [0.717, 1.165) is 19.3 Å². The van der Waals surface area contributed by atoms with E-state index >= 15 is 0 Å². The van der Waals surface area contributed by atoms with Gasteiger partial charge < -0.3 is 10.5 Å². The summed E-state index contributed by atoms with van der Waals surface area (Å²) in [5, 5.41) is 11.8. The van der Waals surface area contributed by atoms with Gasteiger partial charge in [-0.3, -0.25) is 15.1 Å². The van der Waals surface area contributed by atoms with Crippen molar-refractivity contribution in [2.75, 3.05) is 0 Å². The summed E-state index contributed by atoms with van der Waals surface area (Å²) in [6.45, 7) is 0. The minimum atomic E-state index is -0.417. The fourth-order valence-electron chi connectivity index (χ4n) is 2.66. The number of benzene rings is 1. The third kappa shape index (κ3) is 2.18. The van der Waals surface area contributed by atoms with Gasteiger partial charge >= 0.3 is 5.69 Å². The van der Waals surface area contributed by atoms with Gasteiger partial charge in [0.05, 0.1) is 15.8 Å². The Balaban J connectivity index is 2.06. The van der Waals surface area contributed by atoms with Crippen LogP contribution in [0, 0.1) is 10.1 Å². The van der Waals surface area contributed by atoms with E-state index < -0.39 is 4.92 Å². The van der Waals surface area contributed by atoms with Crippen molar-refractivity contribution >= 4 is 16.6 Å². The molecule has 0 amide bonds. The van der Waals surface area contributed by atoms with Crippen LogP contribution in [0.15, 0.2) is 30.5 Å². The van der Waals surface area contributed by atoms with Gasteiger partial charge in [0.2, 0.25) is 0 Å². The smallest absolute Gasteiger partial charge is 0.320 e. The van der Waals surface area contributed by atoms with Gasteiger partial charge in [-0.05, 0) is 43.5 Å². The zero-order chi connectivity index (χ0) is 14.1. The van der Waals surface area contributed by atoms with Gasteiger partial charge in [0.15, 0.2) is 5.75 Å². The quantitative estimate of drug-likeness (QED) is 0.684. The number of rotatable bonds is 3. The number of pyridine rings is 1. The molecule has 1 aliphatic carbocycles. The highest BCUT2D eigenvalue weighted by molar-refractivity contribution is 5.90. The first-order chi connectivity index (χ1) is 9.66. The van der Waals surface area contributed by atoms with Crippen molar-refractivity contribution in [2.24, 2.45) is 5.73 Å². The molecule has 0 radical (unpaired) electrons. The number of nitrogens with two attached hydrogens (primary N) is 1. The van der Waals surface area contributed by atoms with Crippen LogP contribution < -0.4 is 10.5 Å². The van der Waals surface area contributed by atoms with E-state index in [2.05, 4.69) is 4.98 Å². The largest absolute Gasteiger partial charge is 0.482 e. The Morgan fingerprint density at radius 2 is 2.20 bits per heavy atom. The van der Waals surface area contributed by atoms with Crippen molar-refractivity contribution in [3.05, 3.63) is 40.6 Å². The molecule has 0 spiro atoms. The minimum Gasteiger partial charge on any atom is -0.482 e. The second-order valence-corrected chi connectivity index (χ2v) is 4.99. The fraction of sp³-hybridized carbons (Fsp3) is 0.357. The Morgan fingerprint density at radius 3 is 2.90 bits per heavy atom. The normalized spacial score (nSPS) is 22.1. The van der Waals surface area contributed by atoms with Crippen LogP contribution in [0.3, 0.4) is 0 Å². The number of fused-ring (bicyclic) bond motifs is 1. The lowest BCUT2D eigenvalue weighted by Gasteiger charge is -2.18. The molecule has 2 unspecified atom stereocenters. The fourth-order valence-corrected chi connectivity index (χ4v) is 2.66. The second kappa shape index (κ2) is 5.05. The molecular weight excluding hydrogens is 258 g/mol. The summed E-state index contributed by atoms with van der Waals surface area (Å²) in [5.74, 6) is 0.276. The van der Waals surface area contributed by atoms with Gasteiger partial charge in [-0.15, -0.1) is 0 Å². The molecular formula is C14H15N3O3. The van der Waals surface area contributed by atoms with E-state index in [-0.39, 0.29) is 23.6 Å². The highest BCUT2D eigenvalue weighted by atomic mass is 16.6. The van der Waals surface area contributed by atoms with Crippen molar-refractivity contribution in [3.63, 3.8) is 0 Å². The predicted octanol–water partition coefficient (Wildman–Crippen LogP) is 2.40. The Hall–Kier alpha value is -2.21. The maximum absolute atomic E-state index is 11.4. The molecule has 104 valence electrons. The molecule has 2 N–H and O–H groups in total. The summed E-state index contributed by atoms with van der Waals surface area (Å²) in [7, 11) is 0. The van der Waals surface area contributed by atoms with Gasteiger partial charge in [0.1, 0.15) is 6.10 Å². The van der Waals surface area contributed by atoms with Crippen LogP contribution in [-0.2, 0) is 0 Å². The highest BCUT2D eigenvalue weighted by Crippen LogP contribution is 2.36. The van der Waals surface area contributed by atoms with Crippen molar-refractivity contribution in [1.29, 1.82) is 0 Å². The summed E-state index contributed by atoms with van der Waals surface area (Å²) >= 11 is 0. The van der Waals surface area contributed by atoms with Gasteiger partial charge in [-0.2, -0.15) is 0 Å². The van der Waals surface area contributed by atoms with E-state index in [4.69, 9.17) is 10.5 Å². The van der Waals surface area contributed by atoms with Gasteiger partial charge in [-0.25, -0.2) is 0 Å². The highest BCUT2D eigenvalue weighted by Gasteiger charge is 2.29. The lowest BCUT2D eigenvalue weighted by Crippen LogP contribution is -2.33. The van der Waals surface area contributed by atoms with Crippen molar-refractivity contribution < 1.29 is 9.66 Å². The first kappa shape index (κ1) is 12.8. The Kier molecular flexibility index (Phi) is 3.23. The molecule has 20 heavy (non-hydrogen) atoms. The maximum Gasteiger partial charge on any atom is 0.320 e. The van der Waals surface area contributed by atoms with Crippen LogP contribution in [-0.4, -0.2) is 22.1 Å². The molecule has 0 bridgehead atoms. The standard InChI is InChI=1S/C14H15N3O3/c15-10-4-1-5-12(10)20-13-7-6-11-9(3-2-8-16-11)14(13)17(18)19/h2-3,6-8,10,12H,1,4-5,15H2. The van der Waals surface area contributed by atoms with Gasteiger partial charge in [-0.1, -0.05) is 0 Å². The molecule has 1 aromatic heterocycles. The summed E-state index contributed by atoms with van der Waals surface area (Å²) in [4.78, 5) is 15.1. The van der Waals surface area contributed by atoms with Crippen LogP contribution in [0.1, 0.15) is 19.3 Å². The first-order valence-corrected chi connectivity index (χ1v) is 6.61. The monoisotopic (exact) mass is 273 g/mol. The zero-order valence-electron chi connectivity index (χ0n) is 10.9. The number of aromatic nitrogens is 1. The van der Waals surface area contributed by atoms with E-state index in [9.17, 15) is 10.1 Å². The Morgan fingerprint density at radius 1 is 1.35 bits per heavy atom. The average Bonchev–Trinajstić information content (AvgIpc) is 2.83. The second-order valence-electron chi connectivity index (χ2n) is 4.99. The predicted molar refractivity (Wildman–Crippen MR) is 74.6 cm³/mol. The molecule has 1 saturated carbocycles. The van der Waals surface area contributed by atoms with Gasteiger partial charge in [0.25, 0.3) is 0 Å². The topological polar surface area (TPSA) is 91.3 Å². The van der Waals surface area contributed by atoms with Crippen molar-refractivity contribution in [2.45, 2.75) is 31.4 Å². The van der Waals surface area contributed by atoms with Gasteiger partial charge in [0, 0.05) is 12.2 Å². The third-order valence-electron chi connectivity index (χ3n) is 3.68. The number of nitro groups is 1. The number of ether oxygens (including phenoxy) is 1. The number of nitrogens with zero attached hydrogens (tertiary/aromatic N) is 2. The van der Waals surface area contributed by atoms with Crippen molar-refractivity contribution in [1.82, 2.24) is 4.98 Å². The Labute approximate surface area is 115 Å². The molecule has 0 saturated heterocycles. The molecule has 2 atom stereocenters. The van der Waals surface area contributed by atoms with Crippen LogP contribution in [0.4, 0.5) is 5.69 Å². The molecule has 1 aliphatic rings. The summed E-state index contributed by atoms with van der Waals surface area (Å²) in [5.41, 5.74) is 6.51. The molecule has 0 aliphatic heterocycles. The first-order valence-electron chi connectivity index (χ1n) is 6.61. The SMILES string of the molecule is NC1CCCC1Oc1ccc2ncccc2c1[N+](=O)[O-]. The molecule has 1 fully saturated rings. The molecule has 2 aromatic rings. The van der Waals surface area contributed by atoms with E-state index in [1.165, 1.54) is 0 Å². The molecule has 3 rings (SSSR count). The molecule has 1 heterocycles. The number of hydrogen-bond acceptors (Lipinski definition) is 5. The lowest BCUT2D eigenvalue weighted by molar-refractivity contribution is -0.384. The third-order valence-corrected chi connectivity index (χ3v) is 3.68. The molecule has 6 nitrogen and oxygen atoms in total. The van der Waals surface area contributed by atoms with Crippen LogP contribution in [0.25, 0.3) is 10.9 Å². The average molecular weight is 273 g/mol. The Bertz CT molecular complexity index is 659. The van der Waals surface area contributed by atoms with Crippen molar-refractivity contribution in [3.8, 4) is 5.75 Å².